The van der Waals surface area contributed by atoms with Crippen LogP contribution in [0.15, 0.2) is 60.7 Å². The third-order valence-corrected chi connectivity index (χ3v) is 3.12. The molecule has 0 aliphatic rings. The molecule has 2 aromatic carbocycles. The summed E-state index contributed by atoms with van der Waals surface area (Å²) in [6.07, 6.45) is -1.31. The van der Waals surface area contributed by atoms with Crippen LogP contribution in [0.3, 0.4) is 0 Å². The van der Waals surface area contributed by atoms with Crippen molar-refractivity contribution in [3.05, 3.63) is 71.8 Å². The fourth-order valence-corrected chi connectivity index (χ4v) is 2.14. The Hall–Kier alpha value is -1.79. The van der Waals surface area contributed by atoms with Crippen LogP contribution < -0.4 is 0 Å². The number of carbonyl (C=O) groups excluding carboxylic acids is 1. The van der Waals surface area contributed by atoms with Gasteiger partial charge in [-0.15, -0.1) is 0 Å². The fourth-order valence-electron chi connectivity index (χ4n) is 1.73. The van der Waals surface area contributed by atoms with Crippen LogP contribution in [-0.2, 0) is 4.18 Å². The van der Waals surface area contributed by atoms with E-state index in [0.29, 0.717) is 11.1 Å². The second kappa shape index (κ2) is 6.78. The van der Waals surface area contributed by atoms with Crippen LogP contribution in [0.2, 0.25) is 0 Å². The summed E-state index contributed by atoms with van der Waals surface area (Å²) in [7, 11) is 0. The minimum absolute atomic E-state index is 0.300. The van der Waals surface area contributed by atoms with E-state index in [9.17, 15) is 18.0 Å². The van der Waals surface area contributed by atoms with Gasteiger partial charge in [-0.05, 0) is 5.56 Å². The van der Waals surface area contributed by atoms with Gasteiger partial charge in [0, 0.05) is 5.56 Å². The number of Topliss-reactive ketones (excluding diaryl/α,β-unsaturated/α-hetero) is 1. The van der Waals surface area contributed by atoms with Crippen LogP contribution in [0.1, 0.15) is 22.0 Å². The van der Waals surface area contributed by atoms with Crippen molar-refractivity contribution in [2.45, 2.75) is 11.6 Å². The molecule has 0 bridgehead atoms. The number of benzene rings is 2. The number of carbonyl (C=O) groups is 1. The molecule has 1 atom stereocenters. The van der Waals surface area contributed by atoms with Crippen molar-refractivity contribution in [1.29, 1.82) is 0 Å². The molecule has 0 heterocycles. The molecule has 1 unspecified atom stereocenters. The smallest absolute Gasteiger partial charge is 0.291 e. The molecule has 0 fully saturated rings. The van der Waals surface area contributed by atoms with Gasteiger partial charge in [-0.1, -0.05) is 60.7 Å². The van der Waals surface area contributed by atoms with Crippen molar-refractivity contribution < 1.29 is 22.1 Å². The van der Waals surface area contributed by atoms with Gasteiger partial charge >= 0.3 is 5.51 Å². The summed E-state index contributed by atoms with van der Waals surface area (Å²) < 4.78 is 41.7. The molecule has 2 nitrogen and oxygen atoms in total. The highest BCUT2D eigenvalue weighted by atomic mass is 32.2. The van der Waals surface area contributed by atoms with Crippen molar-refractivity contribution in [2.24, 2.45) is 0 Å². The first kappa shape index (κ1) is 15.6. The van der Waals surface area contributed by atoms with Crippen molar-refractivity contribution >= 4 is 17.8 Å². The Morgan fingerprint density at radius 3 is 2.00 bits per heavy atom. The van der Waals surface area contributed by atoms with Crippen molar-refractivity contribution in [2.75, 3.05) is 0 Å². The van der Waals surface area contributed by atoms with Gasteiger partial charge in [0.05, 0.1) is 0 Å². The lowest BCUT2D eigenvalue weighted by Crippen LogP contribution is -2.16. The molecule has 0 N–H and O–H groups in total. The lowest BCUT2D eigenvalue weighted by atomic mass is 10.0. The van der Waals surface area contributed by atoms with Crippen molar-refractivity contribution in [3.8, 4) is 0 Å². The highest BCUT2D eigenvalue weighted by Gasteiger charge is 2.34. The lowest BCUT2D eigenvalue weighted by Gasteiger charge is -2.17. The standard InChI is InChI=1S/C15H11F3O2S/c16-15(17,18)21-20-14(12-9-5-2-6-10-12)13(19)11-7-3-1-4-8-11/h1-10,14H. The predicted octanol–water partition coefficient (Wildman–Crippen LogP) is 4.80. The summed E-state index contributed by atoms with van der Waals surface area (Å²) >= 11 is -0.661. The summed E-state index contributed by atoms with van der Waals surface area (Å²) in [6.45, 7) is 0. The van der Waals surface area contributed by atoms with Gasteiger partial charge in [-0.2, -0.15) is 13.2 Å². The van der Waals surface area contributed by atoms with Crippen LogP contribution in [0.4, 0.5) is 13.2 Å². The largest absolute Gasteiger partial charge is 0.468 e. The topological polar surface area (TPSA) is 26.3 Å². The van der Waals surface area contributed by atoms with Crippen LogP contribution in [0, 0.1) is 0 Å². The molecule has 0 amide bonds. The van der Waals surface area contributed by atoms with Crippen LogP contribution >= 0.6 is 12.0 Å². The van der Waals surface area contributed by atoms with E-state index >= 15 is 0 Å². The Bertz CT molecular complexity index is 585. The Labute approximate surface area is 124 Å². The van der Waals surface area contributed by atoms with Gasteiger partial charge in [0.15, 0.2) is 11.9 Å². The Morgan fingerprint density at radius 1 is 0.952 bits per heavy atom. The maximum Gasteiger partial charge on any atom is 0.468 e. The molecular formula is C15H11F3O2S. The average molecular weight is 312 g/mol. The number of halogens is 3. The summed E-state index contributed by atoms with van der Waals surface area (Å²) in [5.41, 5.74) is -3.89. The number of hydrogen-bond acceptors (Lipinski definition) is 3. The van der Waals surface area contributed by atoms with Crippen molar-refractivity contribution in [3.63, 3.8) is 0 Å². The summed E-state index contributed by atoms with van der Waals surface area (Å²) in [5.74, 6) is -0.515. The van der Waals surface area contributed by atoms with Crippen LogP contribution in [0.5, 0.6) is 0 Å². The zero-order valence-electron chi connectivity index (χ0n) is 10.7. The number of hydrogen-bond donors (Lipinski definition) is 0. The molecule has 0 aromatic heterocycles. The molecule has 0 saturated carbocycles. The monoisotopic (exact) mass is 312 g/mol. The highest BCUT2D eigenvalue weighted by Crippen LogP contribution is 2.36. The molecule has 0 aliphatic heterocycles. The fraction of sp³-hybridized carbons (Fsp3) is 0.133. The number of ketones is 1. The van der Waals surface area contributed by atoms with E-state index in [1.165, 1.54) is 0 Å². The van der Waals surface area contributed by atoms with Crippen molar-refractivity contribution in [1.82, 2.24) is 0 Å². The van der Waals surface area contributed by atoms with Gasteiger partial charge in [-0.25, -0.2) is 0 Å². The van der Waals surface area contributed by atoms with E-state index in [-0.39, 0.29) is 0 Å². The van der Waals surface area contributed by atoms with Gasteiger partial charge < -0.3 is 0 Å². The summed E-state index contributed by atoms with van der Waals surface area (Å²) in [6, 6.07) is 16.2. The molecule has 21 heavy (non-hydrogen) atoms. The Balaban J connectivity index is 2.26. The molecule has 2 aromatic rings. The molecular weight excluding hydrogens is 301 g/mol. The van der Waals surface area contributed by atoms with Gasteiger partial charge in [0.1, 0.15) is 12.0 Å². The van der Waals surface area contributed by atoms with Gasteiger partial charge in [0.2, 0.25) is 0 Å². The van der Waals surface area contributed by atoms with Crippen LogP contribution in [-0.4, -0.2) is 11.3 Å². The van der Waals surface area contributed by atoms with E-state index in [2.05, 4.69) is 0 Å². The Kier molecular flexibility index (Phi) is 5.03. The molecule has 0 spiro atoms. The molecule has 0 aliphatic carbocycles. The minimum atomic E-state index is -4.57. The molecule has 0 radical (unpaired) electrons. The second-order valence-corrected chi connectivity index (χ2v) is 4.97. The lowest BCUT2D eigenvalue weighted by molar-refractivity contribution is -0.0411. The maximum absolute atomic E-state index is 12.4. The van der Waals surface area contributed by atoms with E-state index in [4.69, 9.17) is 4.18 Å². The third kappa shape index (κ3) is 4.61. The average Bonchev–Trinajstić information content (AvgIpc) is 2.48. The zero-order chi connectivity index (χ0) is 15.3. The van der Waals surface area contributed by atoms with E-state index in [1.807, 2.05) is 0 Å². The predicted molar refractivity (Wildman–Crippen MR) is 74.7 cm³/mol. The maximum atomic E-state index is 12.4. The first-order valence-corrected chi connectivity index (χ1v) is 6.77. The number of rotatable bonds is 5. The molecule has 6 heteroatoms. The summed E-state index contributed by atoms with van der Waals surface area (Å²) in [5, 5.41) is 0. The third-order valence-electron chi connectivity index (χ3n) is 2.64. The molecule has 0 saturated heterocycles. The molecule has 2 rings (SSSR count). The zero-order valence-corrected chi connectivity index (χ0v) is 11.5. The van der Waals surface area contributed by atoms with E-state index < -0.39 is 29.4 Å². The quantitative estimate of drug-likeness (QED) is 0.586. The van der Waals surface area contributed by atoms with Crippen LogP contribution in [0.25, 0.3) is 0 Å². The second-order valence-electron chi connectivity index (χ2n) is 4.15. The first-order chi connectivity index (χ1) is 9.97. The normalized spacial score (nSPS) is 12.9. The molecule has 110 valence electrons. The Morgan fingerprint density at radius 2 is 1.48 bits per heavy atom. The van der Waals surface area contributed by atoms with Gasteiger partial charge in [-0.3, -0.25) is 8.98 Å². The first-order valence-electron chi connectivity index (χ1n) is 6.03. The highest BCUT2D eigenvalue weighted by molar-refractivity contribution is 7.95. The summed E-state index contributed by atoms with van der Waals surface area (Å²) in [4.78, 5) is 12.4. The minimum Gasteiger partial charge on any atom is -0.291 e. The van der Waals surface area contributed by atoms with Gasteiger partial charge in [0.25, 0.3) is 0 Å². The van der Waals surface area contributed by atoms with E-state index in [1.54, 1.807) is 60.7 Å². The SMILES string of the molecule is O=C(c1ccccc1)C(OSC(F)(F)F)c1ccccc1. The number of alkyl halides is 3. The van der Waals surface area contributed by atoms with E-state index in [0.717, 1.165) is 0 Å².